The monoisotopic (exact) mass is 610 g/mol. The van der Waals surface area contributed by atoms with Crippen LogP contribution in [0.25, 0.3) is 0 Å². The van der Waals surface area contributed by atoms with Gasteiger partial charge < -0.3 is 19.5 Å². The number of carboxylic acid groups (broad SMARTS) is 1. The Balaban J connectivity index is 1.60. The van der Waals surface area contributed by atoms with Crippen LogP contribution < -0.4 is 9.47 Å². The van der Waals surface area contributed by atoms with Gasteiger partial charge in [-0.25, -0.2) is 0 Å². The van der Waals surface area contributed by atoms with Gasteiger partial charge in [0.15, 0.2) is 0 Å². The van der Waals surface area contributed by atoms with E-state index in [1.165, 1.54) is 7.11 Å². The Hall–Kier alpha value is -3.26. The Morgan fingerprint density at radius 1 is 0.929 bits per heavy atom. The Kier molecular flexibility index (Phi) is 8.74. The SMILES string of the molecule is CCN1CCC(C(=O)O)(c2ccccc2)CC1C1(c2ccc(Cl)c(Cl)c2)CCN(C(=O)c2ccc(OC)cc2OC)C1. The molecule has 2 heterocycles. The van der Waals surface area contributed by atoms with Crippen molar-refractivity contribution in [1.29, 1.82) is 0 Å². The van der Waals surface area contributed by atoms with Crippen LogP contribution in [0.15, 0.2) is 66.7 Å². The normalized spacial score (nSPS) is 24.4. The Labute approximate surface area is 256 Å². The van der Waals surface area contributed by atoms with Gasteiger partial charge in [0.1, 0.15) is 11.5 Å². The molecule has 0 aromatic heterocycles. The topological polar surface area (TPSA) is 79.3 Å². The van der Waals surface area contributed by atoms with Crippen LogP contribution in [0.1, 0.15) is 47.7 Å². The molecule has 3 aromatic carbocycles. The largest absolute Gasteiger partial charge is 0.497 e. The molecule has 0 aliphatic carbocycles. The Morgan fingerprint density at radius 3 is 2.33 bits per heavy atom. The van der Waals surface area contributed by atoms with Crippen LogP contribution in [0.2, 0.25) is 10.0 Å². The van der Waals surface area contributed by atoms with Crippen molar-refractivity contribution < 1.29 is 24.2 Å². The van der Waals surface area contributed by atoms with Crippen LogP contribution in [0.3, 0.4) is 0 Å². The molecule has 5 rings (SSSR count). The van der Waals surface area contributed by atoms with E-state index in [0.29, 0.717) is 66.0 Å². The fourth-order valence-electron chi connectivity index (χ4n) is 6.97. The van der Waals surface area contributed by atoms with E-state index in [4.69, 9.17) is 32.7 Å². The third-order valence-corrected chi connectivity index (χ3v) is 10.0. The zero-order valence-corrected chi connectivity index (χ0v) is 25.6. The number of rotatable bonds is 8. The van der Waals surface area contributed by atoms with E-state index in [1.807, 2.05) is 47.4 Å². The van der Waals surface area contributed by atoms with Crippen molar-refractivity contribution in [3.63, 3.8) is 0 Å². The summed E-state index contributed by atoms with van der Waals surface area (Å²) in [6, 6.07) is 20.2. The molecule has 222 valence electrons. The van der Waals surface area contributed by atoms with E-state index in [1.54, 1.807) is 31.4 Å². The van der Waals surface area contributed by atoms with Crippen molar-refractivity contribution in [3.8, 4) is 11.5 Å². The standard InChI is InChI=1S/C33H36Cl2N2O5/c1-4-36-16-14-32(31(39)40,22-8-6-5-7-9-22)20-29(36)33(23-10-13-26(34)27(35)18-23)15-17-37(21-33)30(38)25-12-11-24(41-2)19-28(25)42-3/h5-13,18-19,29H,4,14-17,20-21H2,1-3H3,(H,39,40). The molecule has 3 unspecified atom stereocenters. The summed E-state index contributed by atoms with van der Waals surface area (Å²) in [6.45, 7) is 4.36. The molecule has 1 N–H and O–H groups in total. The lowest BCUT2D eigenvalue weighted by Crippen LogP contribution is -2.60. The number of carbonyl (C=O) groups is 2. The van der Waals surface area contributed by atoms with Crippen molar-refractivity contribution in [2.45, 2.75) is 43.1 Å². The summed E-state index contributed by atoms with van der Waals surface area (Å²) >= 11 is 12.9. The highest BCUT2D eigenvalue weighted by atomic mass is 35.5. The first-order valence-electron chi connectivity index (χ1n) is 14.2. The number of hydrogen-bond donors (Lipinski definition) is 1. The molecule has 2 aliphatic heterocycles. The molecule has 0 bridgehead atoms. The number of halogens is 2. The maximum atomic E-state index is 14.0. The highest BCUT2D eigenvalue weighted by Gasteiger charge is 2.56. The number of benzene rings is 3. The van der Waals surface area contributed by atoms with Crippen LogP contribution >= 0.6 is 23.2 Å². The average molecular weight is 612 g/mol. The molecule has 3 atom stereocenters. The summed E-state index contributed by atoms with van der Waals surface area (Å²) in [5.74, 6) is 0.0606. The van der Waals surface area contributed by atoms with Gasteiger partial charge in [-0.2, -0.15) is 0 Å². The van der Waals surface area contributed by atoms with Gasteiger partial charge in [0.2, 0.25) is 0 Å². The number of hydrogen-bond acceptors (Lipinski definition) is 5. The van der Waals surface area contributed by atoms with Crippen molar-refractivity contribution >= 4 is 35.1 Å². The van der Waals surface area contributed by atoms with E-state index in [9.17, 15) is 14.7 Å². The van der Waals surface area contributed by atoms with E-state index < -0.39 is 16.8 Å². The molecule has 2 saturated heterocycles. The lowest BCUT2D eigenvalue weighted by Gasteiger charge is -2.52. The lowest BCUT2D eigenvalue weighted by molar-refractivity contribution is -0.147. The number of methoxy groups -OCH3 is 2. The number of likely N-dealkylation sites (N-methyl/N-ethyl adjacent to an activating group) is 1. The fraction of sp³-hybridized carbons (Fsp3) is 0.394. The van der Waals surface area contributed by atoms with Gasteiger partial charge in [-0.15, -0.1) is 0 Å². The van der Waals surface area contributed by atoms with Crippen LogP contribution in [0, 0.1) is 0 Å². The molecule has 42 heavy (non-hydrogen) atoms. The Bertz CT molecular complexity index is 1470. The summed E-state index contributed by atoms with van der Waals surface area (Å²) in [4.78, 5) is 31.3. The van der Waals surface area contributed by atoms with Gasteiger partial charge in [0, 0.05) is 30.6 Å². The summed E-state index contributed by atoms with van der Waals surface area (Å²) in [7, 11) is 3.10. The van der Waals surface area contributed by atoms with E-state index >= 15 is 0 Å². The van der Waals surface area contributed by atoms with Crippen LogP contribution in [0.5, 0.6) is 11.5 Å². The minimum Gasteiger partial charge on any atom is -0.497 e. The molecule has 7 nitrogen and oxygen atoms in total. The first-order valence-corrected chi connectivity index (χ1v) is 14.9. The highest BCUT2D eigenvalue weighted by molar-refractivity contribution is 6.42. The molecule has 1 amide bonds. The van der Waals surface area contributed by atoms with Gasteiger partial charge in [-0.3, -0.25) is 14.5 Å². The maximum Gasteiger partial charge on any atom is 0.314 e. The number of carbonyl (C=O) groups excluding carboxylic acids is 1. The number of piperidine rings is 1. The zero-order chi connectivity index (χ0) is 30.1. The van der Waals surface area contributed by atoms with Gasteiger partial charge in [-0.05, 0) is 67.7 Å². The van der Waals surface area contributed by atoms with Gasteiger partial charge in [0.25, 0.3) is 5.91 Å². The number of amides is 1. The molecule has 9 heteroatoms. The number of ether oxygens (including phenoxy) is 2. The van der Waals surface area contributed by atoms with Gasteiger partial charge in [0.05, 0.1) is 35.2 Å². The quantitative estimate of drug-likeness (QED) is 0.322. The smallest absolute Gasteiger partial charge is 0.314 e. The first-order chi connectivity index (χ1) is 20.2. The molecular formula is C33H36Cl2N2O5. The molecular weight excluding hydrogens is 575 g/mol. The molecule has 0 saturated carbocycles. The molecule has 0 spiro atoms. The highest BCUT2D eigenvalue weighted by Crippen LogP contribution is 2.49. The second-order valence-electron chi connectivity index (χ2n) is 11.2. The minimum atomic E-state index is -1.06. The Morgan fingerprint density at radius 2 is 1.69 bits per heavy atom. The summed E-state index contributed by atoms with van der Waals surface area (Å²) < 4.78 is 10.9. The van der Waals surface area contributed by atoms with Crippen molar-refractivity contribution in [2.24, 2.45) is 0 Å². The van der Waals surface area contributed by atoms with E-state index in [2.05, 4.69) is 11.8 Å². The van der Waals surface area contributed by atoms with Crippen LogP contribution in [0.4, 0.5) is 0 Å². The first kappa shape index (κ1) is 30.2. The molecule has 0 radical (unpaired) electrons. The average Bonchev–Trinajstić information content (AvgIpc) is 3.48. The van der Waals surface area contributed by atoms with Crippen LogP contribution in [-0.2, 0) is 15.6 Å². The number of likely N-dealkylation sites (tertiary alicyclic amines) is 2. The van der Waals surface area contributed by atoms with E-state index in [-0.39, 0.29) is 11.9 Å². The number of aliphatic carboxylic acids is 1. The van der Waals surface area contributed by atoms with Crippen LogP contribution in [-0.4, -0.2) is 73.2 Å². The predicted molar refractivity (Wildman–Crippen MR) is 164 cm³/mol. The second kappa shape index (κ2) is 12.2. The minimum absolute atomic E-state index is 0.150. The summed E-state index contributed by atoms with van der Waals surface area (Å²) in [5.41, 5.74) is 0.555. The fourth-order valence-corrected chi connectivity index (χ4v) is 7.27. The summed E-state index contributed by atoms with van der Waals surface area (Å²) in [6.07, 6.45) is 1.54. The number of nitrogens with zero attached hydrogens (tertiary/aromatic N) is 2. The second-order valence-corrected chi connectivity index (χ2v) is 12.0. The molecule has 2 aliphatic rings. The van der Waals surface area contributed by atoms with Crippen molar-refractivity contribution in [1.82, 2.24) is 9.80 Å². The van der Waals surface area contributed by atoms with E-state index in [0.717, 1.165) is 17.7 Å². The van der Waals surface area contributed by atoms with Gasteiger partial charge >= 0.3 is 5.97 Å². The molecule has 3 aromatic rings. The third-order valence-electron chi connectivity index (χ3n) is 9.31. The number of carboxylic acids is 1. The van der Waals surface area contributed by atoms with Crippen molar-refractivity contribution in [2.75, 3.05) is 40.4 Å². The summed E-state index contributed by atoms with van der Waals surface area (Å²) in [5, 5.41) is 11.6. The molecule has 2 fully saturated rings. The van der Waals surface area contributed by atoms with Gasteiger partial charge in [-0.1, -0.05) is 66.5 Å². The zero-order valence-electron chi connectivity index (χ0n) is 24.1. The van der Waals surface area contributed by atoms with Crippen molar-refractivity contribution in [3.05, 3.63) is 93.5 Å². The maximum absolute atomic E-state index is 14.0. The predicted octanol–water partition coefficient (Wildman–Crippen LogP) is 6.30. The third kappa shape index (κ3) is 5.23. The lowest BCUT2D eigenvalue weighted by atomic mass is 9.62.